The number of rotatable bonds is 8. The number of anilines is 2. The second kappa shape index (κ2) is 9.30. The predicted octanol–water partition coefficient (Wildman–Crippen LogP) is 4.26. The van der Waals surface area contributed by atoms with E-state index in [0.29, 0.717) is 35.2 Å². The maximum atomic E-state index is 12.7. The van der Waals surface area contributed by atoms with Crippen LogP contribution in [0.4, 0.5) is 11.4 Å². The number of fused-ring (bicyclic) bond motifs is 1. The zero-order chi connectivity index (χ0) is 22.5. The van der Waals surface area contributed by atoms with Gasteiger partial charge in [-0.1, -0.05) is 18.2 Å². The lowest BCUT2D eigenvalue weighted by Gasteiger charge is -2.15. The molecule has 0 aliphatic heterocycles. The molecule has 0 aliphatic rings. The van der Waals surface area contributed by atoms with Crippen molar-refractivity contribution in [3.05, 3.63) is 72.1 Å². The maximum absolute atomic E-state index is 12.7. The molecule has 8 heteroatoms. The Morgan fingerprint density at radius 2 is 1.66 bits per heavy atom. The van der Waals surface area contributed by atoms with Crippen LogP contribution in [0.1, 0.15) is 16.2 Å². The lowest BCUT2D eigenvalue weighted by Crippen LogP contribution is -2.23. The number of aromatic amines is 1. The molecule has 1 heterocycles. The summed E-state index contributed by atoms with van der Waals surface area (Å²) in [5.74, 6) is 2.09. The molecule has 164 valence electrons. The van der Waals surface area contributed by atoms with Crippen molar-refractivity contribution in [3.63, 3.8) is 0 Å². The van der Waals surface area contributed by atoms with Gasteiger partial charge in [-0.15, -0.1) is 0 Å². The van der Waals surface area contributed by atoms with Gasteiger partial charge >= 0.3 is 0 Å². The Balaban J connectivity index is 1.47. The minimum absolute atomic E-state index is 0.195. The standard InChI is InChI=1S/C24H24N4O4/c1-30-20-12-17(13-21(31-2)23(20)32-3)26-16-8-6-7-15(11-16)24(29)25-14-22-27-18-9-4-5-10-19(18)28-22/h4-13,26H,14H2,1-3H3,(H,25,29)(H,27,28). The third-order valence-electron chi connectivity index (χ3n) is 4.93. The molecule has 0 aliphatic carbocycles. The summed E-state index contributed by atoms with van der Waals surface area (Å²) < 4.78 is 16.2. The SMILES string of the molecule is COc1cc(Nc2cccc(C(=O)NCc3nc4ccccc4[nH]3)c2)cc(OC)c1OC. The van der Waals surface area contributed by atoms with Gasteiger partial charge in [-0.05, 0) is 30.3 Å². The molecule has 4 aromatic rings. The van der Waals surface area contributed by atoms with Crippen LogP contribution in [-0.4, -0.2) is 37.2 Å². The van der Waals surface area contributed by atoms with Crippen LogP contribution >= 0.6 is 0 Å². The Hall–Kier alpha value is -4.20. The number of hydrogen-bond acceptors (Lipinski definition) is 6. The average Bonchev–Trinajstić information content (AvgIpc) is 3.25. The van der Waals surface area contributed by atoms with Crippen molar-refractivity contribution in [1.29, 1.82) is 0 Å². The Morgan fingerprint density at radius 1 is 0.906 bits per heavy atom. The third-order valence-corrected chi connectivity index (χ3v) is 4.93. The lowest BCUT2D eigenvalue weighted by molar-refractivity contribution is 0.0950. The minimum Gasteiger partial charge on any atom is -0.493 e. The second-order valence-electron chi connectivity index (χ2n) is 7.00. The van der Waals surface area contributed by atoms with Gasteiger partial charge in [0.15, 0.2) is 11.5 Å². The quantitative estimate of drug-likeness (QED) is 0.385. The summed E-state index contributed by atoms with van der Waals surface area (Å²) in [6.07, 6.45) is 0. The molecule has 1 amide bonds. The number of methoxy groups -OCH3 is 3. The van der Waals surface area contributed by atoms with E-state index in [1.54, 1.807) is 45.6 Å². The zero-order valence-corrected chi connectivity index (χ0v) is 18.1. The molecule has 0 saturated carbocycles. The number of amides is 1. The Labute approximate surface area is 185 Å². The molecule has 0 radical (unpaired) electrons. The van der Waals surface area contributed by atoms with Gasteiger partial charge in [-0.2, -0.15) is 0 Å². The number of carbonyl (C=O) groups is 1. The van der Waals surface area contributed by atoms with Crippen molar-refractivity contribution in [2.45, 2.75) is 6.54 Å². The van der Waals surface area contributed by atoms with Crippen LogP contribution in [0.3, 0.4) is 0 Å². The van der Waals surface area contributed by atoms with Gasteiger partial charge in [0.05, 0.1) is 38.9 Å². The summed E-state index contributed by atoms with van der Waals surface area (Å²) in [5, 5.41) is 6.18. The highest BCUT2D eigenvalue weighted by Gasteiger charge is 2.14. The molecular weight excluding hydrogens is 408 g/mol. The molecule has 0 saturated heterocycles. The van der Waals surface area contributed by atoms with E-state index < -0.39 is 0 Å². The van der Waals surface area contributed by atoms with Crippen LogP contribution in [-0.2, 0) is 6.54 Å². The normalized spacial score (nSPS) is 10.6. The number of ether oxygens (including phenoxy) is 3. The van der Waals surface area contributed by atoms with E-state index in [1.807, 2.05) is 36.4 Å². The number of para-hydroxylation sites is 2. The molecule has 0 fully saturated rings. The topological polar surface area (TPSA) is 97.5 Å². The fraction of sp³-hybridized carbons (Fsp3) is 0.167. The monoisotopic (exact) mass is 432 g/mol. The zero-order valence-electron chi connectivity index (χ0n) is 18.1. The summed E-state index contributed by atoms with van der Waals surface area (Å²) >= 11 is 0. The molecular formula is C24H24N4O4. The van der Waals surface area contributed by atoms with Crippen molar-refractivity contribution < 1.29 is 19.0 Å². The maximum Gasteiger partial charge on any atom is 0.251 e. The summed E-state index contributed by atoms with van der Waals surface area (Å²) in [6.45, 7) is 0.304. The van der Waals surface area contributed by atoms with Gasteiger partial charge in [-0.3, -0.25) is 4.79 Å². The third kappa shape index (κ3) is 4.44. The molecule has 0 unspecified atom stereocenters. The van der Waals surface area contributed by atoms with E-state index in [4.69, 9.17) is 14.2 Å². The summed E-state index contributed by atoms with van der Waals surface area (Å²) in [6, 6.07) is 18.6. The van der Waals surface area contributed by atoms with Crippen LogP contribution < -0.4 is 24.8 Å². The summed E-state index contributed by atoms with van der Waals surface area (Å²) in [4.78, 5) is 20.4. The number of nitrogens with one attached hydrogen (secondary N) is 3. The van der Waals surface area contributed by atoms with E-state index in [2.05, 4.69) is 20.6 Å². The molecule has 1 aromatic heterocycles. The molecule has 0 atom stereocenters. The number of H-pyrrole nitrogens is 1. The highest BCUT2D eigenvalue weighted by Crippen LogP contribution is 2.40. The molecule has 3 N–H and O–H groups in total. The van der Waals surface area contributed by atoms with Crippen LogP contribution in [0.25, 0.3) is 11.0 Å². The van der Waals surface area contributed by atoms with Gasteiger partial charge in [0.2, 0.25) is 5.75 Å². The van der Waals surface area contributed by atoms with Gasteiger partial charge in [-0.25, -0.2) is 4.98 Å². The fourth-order valence-electron chi connectivity index (χ4n) is 3.41. The average molecular weight is 432 g/mol. The largest absolute Gasteiger partial charge is 0.493 e. The number of hydrogen-bond donors (Lipinski definition) is 3. The lowest BCUT2D eigenvalue weighted by atomic mass is 10.1. The number of benzene rings is 3. The fourth-order valence-corrected chi connectivity index (χ4v) is 3.41. The van der Waals surface area contributed by atoms with Crippen molar-refractivity contribution in [2.75, 3.05) is 26.6 Å². The Kier molecular flexibility index (Phi) is 6.12. The molecule has 3 aromatic carbocycles. The highest BCUT2D eigenvalue weighted by molar-refractivity contribution is 5.95. The number of aromatic nitrogens is 2. The number of imidazole rings is 1. The van der Waals surface area contributed by atoms with E-state index in [-0.39, 0.29) is 5.91 Å². The van der Waals surface area contributed by atoms with E-state index >= 15 is 0 Å². The predicted molar refractivity (Wildman–Crippen MR) is 123 cm³/mol. The van der Waals surface area contributed by atoms with E-state index in [0.717, 1.165) is 22.4 Å². The smallest absolute Gasteiger partial charge is 0.251 e. The van der Waals surface area contributed by atoms with Crippen molar-refractivity contribution in [2.24, 2.45) is 0 Å². The van der Waals surface area contributed by atoms with Crippen molar-refractivity contribution >= 4 is 28.3 Å². The summed E-state index contributed by atoms with van der Waals surface area (Å²) in [5.41, 5.74) is 3.81. The van der Waals surface area contributed by atoms with Gasteiger partial charge in [0, 0.05) is 29.1 Å². The van der Waals surface area contributed by atoms with Crippen molar-refractivity contribution in [1.82, 2.24) is 15.3 Å². The first-order valence-corrected chi connectivity index (χ1v) is 10.00. The first-order valence-electron chi connectivity index (χ1n) is 10.00. The second-order valence-corrected chi connectivity index (χ2v) is 7.00. The van der Waals surface area contributed by atoms with Crippen LogP contribution in [0.15, 0.2) is 60.7 Å². The van der Waals surface area contributed by atoms with Crippen LogP contribution in [0.2, 0.25) is 0 Å². The first kappa shape index (κ1) is 21.0. The molecule has 32 heavy (non-hydrogen) atoms. The number of nitrogens with zero attached hydrogens (tertiary/aromatic N) is 1. The number of carbonyl (C=O) groups excluding carboxylic acids is 1. The van der Waals surface area contributed by atoms with E-state index in [9.17, 15) is 4.79 Å². The van der Waals surface area contributed by atoms with Gasteiger partial charge in [0.1, 0.15) is 5.82 Å². The minimum atomic E-state index is -0.195. The molecule has 0 spiro atoms. The van der Waals surface area contributed by atoms with Gasteiger partial charge < -0.3 is 29.8 Å². The van der Waals surface area contributed by atoms with Gasteiger partial charge in [0.25, 0.3) is 5.91 Å². The Morgan fingerprint density at radius 3 is 2.34 bits per heavy atom. The highest BCUT2D eigenvalue weighted by atomic mass is 16.5. The van der Waals surface area contributed by atoms with Crippen LogP contribution in [0.5, 0.6) is 17.2 Å². The van der Waals surface area contributed by atoms with Crippen molar-refractivity contribution in [3.8, 4) is 17.2 Å². The van der Waals surface area contributed by atoms with Crippen LogP contribution in [0, 0.1) is 0 Å². The Bertz CT molecular complexity index is 1190. The first-order chi connectivity index (χ1) is 15.6. The molecule has 0 bridgehead atoms. The van der Waals surface area contributed by atoms with E-state index in [1.165, 1.54) is 0 Å². The molecule has 8 nitrogen and oxygen atoms in total. The molecule has 4 rings (SSSR count). The summed E-state index contributed by atoms with van der Waals surface area (Å²) in [7, 11) is 4.68.